The van der Waals surface area contributed by atoms with Gasteiger partial charge in [0.2, 0.25) is 0 Å². The molecule has 1 aliphatic carbocycles. The number of likely N-dealkylation sites (N-methyl/N-ethyl adjacent to an activating group) is 1. The van der Waals surface area contributed by atoms with Gasteiger partial charge < -0.3 is 5.32 Å². The summed E-state index contributed by atoms with van der Waals surface area (Å²) in [5, 5.41) is 3.60. The molecule has 19 heavy (non-hydrogen) atoms. The van der Waals surface area contributed by atoms with Crippen molar-refractivity contribution in [3.63, 3.8) is 0 Å². The van der Waals surface area contributed by atoms with Gasteiger partial charge in [-0.1, -0.05) is 32.4 Å². The highest BCUT2D eigenvalue weighted by atomic mass is 79.9. The Labute approximate surface area is 124 Å². The quantitative estimate of drug-likeness (QED) is 0.836. The van der Waals surface area contributed by atoms with Crippen LogP contribution in [-0.2, 0) is 6.42 Å². The maximum atomic E-state index is 13.6. The minimum absolute atomic E-state index is 0.160. The summed E-state index contributed by atoms with van der Waals surface area (Å²) in [5.41, 5.74) is 1.07. The van der Waals surface area contributed by atoms with Crippen molar-refractivity contribution in [2.45, 2.75) is 45.6 Å². The Morgan fingerprint density at radius 3 is 2.84 bits per heavy atom. The second-order valence-electron chi connectivity index (χ2n) is 5.76. The van der Waals surface area contributed by atoms with E-state index in [-0.39, 0.29) is 5.82 Å². The SMILES string of the molecule is CCNC(Cc1cccc(F)c1Br)C1CCC(C)C1. The van der Waals surface area contributed by atoms with Gasteiger partial charge >= 0.3 is 0 Å². The van der Waals surface area contributed by atoms with E-state index in [2.05, 4.69) is 35.1 Å². The molecule has 0 spiro atoms. The van der Waals surface area contributed by atoms with Gasteiger partial charge in [0.1, 0.15) is 5.82 Å². The Hall–Kier alpha value is -0.410. The van der Waals surface area contributed by atoms with Gasteiger partial charge in [0, 0.05) is 6.04 Å². The predicted molar refractivity (Wildman–Crippen MR) is 81.8 cm³/mol. The molecule has 3 unspecified atom stereocenters. The second-order valence-corrected chi connectivity index (χ2v) is 6.55. The molecule has 0 aromatic heterocycles. The van der Waals surface area contributed by atoms with Gasteiger partial charge in [-0.05, 0) is 65.2 Å². The maximum Gasteiger partial charge on any atom is 0.137 e. The first-order valence-corrected chi connectivity index (χ1v) is 8.07. The van der Waals surface area contributed by atoms with Crippen LogP contribution in [0.25, 0.3) is 0 Å². The Balaban J connectivity index is 2.09. The molecule has 1 aromatic rings. The Morgan fingerprint density at radius 2 is 2.21 bits per heavy atom. The molecule has 1 aliphatic rings. The molecule has 106 valence electrons. The van der Waals surface area contributed by atoms with Gasteiger partial charge in [-0.3, -0.25) is 0 Å². The van der Waals surface area contributed by atoms with Crippen LogP contribution in [-0.4, -0.2) is 12.6 Å². The van der Waals surface area contributed by atoms with Crippen LogP contribution in [0.15, 0.2) is 22.7 Å². The molecule has 0 radical (unpaired) electrons. The first-order chi connectivity index (χ1) is 9.11. The van der Waals surface area contributed by atoms with Crippen LogP contribution < -0.4 is 5.32 Å². The fourth-order valence-electron chi connectivity index (χ4n) is 3.23. The lowest BCUT2D eigenvalue weighted by Gasteiger charge is -2.25. The lowest BCUT2D eigenvalue weighted by molar-refractivity contribution is 0.353. The first kappa shape index (κ1) is 15.0. The topological polar surface area (TPSA) is 12.0 Å². The molecule has 0 aliphatic heterocycles. The Bertz CT molecular complexity index is 421. The summed E-state index contributed by atoms with van der Waals surface area (Å²) in [6.07, 6.45) is 4.83. The summed E-state index contributed by atoms with van der Waals surface area (Å²) in [6, 6.07) is 5.80. The normalized spacial score (nSPS) is 24.6. The van der Waals surface area contributed by atoms with Crippen molar-refractivity contribution in [1.82, 2.24) is 5.32 Å². The third-order valence-corrected chi connectivity index (χ3v) is 5.13. The molecule has 1 N–H and O–H groups in total. The Morgan fingerprint density at radius 1 is 1.42 bits per heavy atom. The van der Waals surface area contributed by atoms with Crippen molar-refractivity contribution < 1.29 is 4.39 Å². The summed E-state index contributed by atoms with van der Waals surface area (Å²) in [4.78, 5) is 0. The number of rotatable bonds is 5. The number of benzene rings is 1. The monoisotopic (exact) mass is 327 g/mol. The molecular weight excluding hydrogens is 305 g/mol. The Kier molecular flexibility index (Phi) is 5.40. The van der Waals surface area contributed by atoms with Gasteiger partial charge in [0.15, 0.2) is 0 Å². The van der Waals surface area contributed by atoms with Crippen molar-refractivity contribution in [3.8, 4) is 0 Å². The first-order valence-electron chi connectivity index (χ1n) is 7.28. The molecule has 1 saturated carbocycles. The van der Waals surface area contributed by atoms with E-state index in [1.807, 2.05) is 6.07 Å². The van der Waals surface area contributed by atoms with Crippen LogP contribution in [0.4, 0.5) is 4.39 Å². The number of nitrogens with one attached hydrogen (secondary N) is 1. The van der Waals surface area contributed by atoms with Crippen molar-refractivity contribution in [2.24, 2.45) is 11.8 Å². The molecule has 0 bridgehead atoms. The fourth-order valence-corrected chi connectivity index (χ4v) is 3.65. The van der Waals surface area contributed by atoms with E-state index in [0.29, 0.717) is 10.5 Å². The van der Waals surface area contributed by atoms with E-state index in [4.69, 9.17) is 0 Å². The minimum atomic E-state index is -0.160. The largest absolute Gasteiger partial charge is 0.314 e. The van der Waals surface area contributed by atoms with Crippen LogP contribution in [0, 0.1) is 17.7 Å². The van der Waals surface area contributed by atoms with Gasteiger partial charge in [0.05, 0.1) is 4.47 Å². The van der Waals surface area contributed by atoms with Crippen LogP contribution in [0.2, 0.25) is 0 Å². The van der Waals surface area contributed by atoms with E-state index < -0.39 is 0 Å². The molecule has 3 heteroatoms. The highest BCUT2D eigenvalue weighted by Crippen LogP contribution is 2.34. The zero-order valence-electron chi connectivity index (χ0n) is 11.8. The van der Waals surface area contributed by atoms with Crippen LogP contribution in [0.3, 0.4) is 0 Å². The molecular formula is C16H23BrFN. The summed E-state index contributed by atoms with van der Waals surface area (Å²) in [7, 11) is 0. The minimum Gasteiger partial charge on any atom is -0.314 e. The summed E-state index contributed by atoms with van der Waals surface area (Å²) >= 11 is 3.38. The second kappa shape index (κ2) is 6.85. The molecule has 2 rings (SSSR count). The van der Waals surface area contributed by atoms with E-state index in [0.717, 1.165) is 30.4 Å². The van der Waals surface area contributed by atoms with Crippen LogP contribution in [0.5, 0.6) is 0 Å². The van der Waals surface area contributed by atoms with Crippen LogP contribution in [0.1, 0.15) is 38.7 Å². The summed E-state index contributed by atoms with van der Waals surface area (Å²) in [6.45, 7) is 5.45. The summed E-state index contributed by atoms with van der Waals surface area (Å²) < 4.78 is 14.2. The number of hydrogen-bond acceptors (Lipinski definition) is 1. The van der Waals surface area contributed by atoms with E-state index in [1.54, 1.807) is 6.07 Å². The van der Waals surface area contributed by atoms with Crippen molar-refractivity contribution >= 4 is 15.9 Å². The third-order valence-electron chi connectivity index (χ3n) is 4.24. The molecule has 1 nitrogen and oxygen atoms in total. The summed E-state index contributed by atoms with van der Waals surface area (Å²) in [5.74, 6) is 1.40. The molecule has 0 saturated heterocycles. The van der Waals surface area contributed by atoms with E-state index in [9.17, 15) is 4.39 Å². The zero-order chi connectivity index (χ0) is 13.8. The lowest BCUT2D eigenvalue weighted by atomic mass is 9.91. The standard InChI is InChI=1S/C16H23BrFN/c1-3-19-15(12-8-7-11(2)9-12)10-13-5-4-6-14(18)16(13)17/h4-6,11-12,15,19H,3,7-10H2,1-2H3. The van der Waals surface area contributed by atoms with Crippen molar-refractivity contribution in [2.75, 3.05) is 6.54 Å². The molecule has 3 atom stereocenters. The molecule has 0 amide bonds. The fraction of sp³-hybridized carbons (Fsp3) is 0.625. The highest BCUT2D eigenvalue weighted by Gasteiger charge is 2.28. The van der Waals surface area contributed by atoms with Gasteiger partial charge in [-0.15, -0.1) is 0 Å². The van der Waals surface area contributed by atoms with Gasteiger partial charge in [0.25, 0.3) is 0 Å². The average Bonchev–Trinajstić information content (AvgIpc) is 2.81. The third kappa shape index (κ3) is 3.79. The maximum absolute atomic E-state index is 13.6. The number of hydrogen-bond donors (Lipinski definition) is 1. The molecule has 0 heterocycles. The van der Waals surface area contributed by atoms with Crippen molar-refractivity contribution in [1.29, 1.82) is 0 Å². The predicted octanol–water partition coefficient (Wildman–Crippen LogP) is 4.55. The average molecular weight is 328 g/mol. The van der Waals surface area contributed by atoms with Gasteiger partial charge in [-0.25, -0.2) is 4.39 Å². The number of halogens is 2. The van der Waals surface area contributed by atoms with E-state index in [1.165, 1.54) is 25.3 Å². The molecule has 1 aromatic carbocycles. The van der Waals surface area contributed by atoms with Crippen LogP contribution >= 0.6 is 15.9 Å². The van der Waals surface area contributed by atoms with Crippen molar-refractivity contribution in [3.05, 3.63) is 34.1 Å². The van der Waals surface area contributed by atoms with E-state index >= 15 is 0 Å². The lowest BCUT2D eigenvalue weighted by Crippen LogP contribution is -2.37. The van der Waals surface area contributed by atoms with Gasteiger partial charge in [-0.2, -0.15) is 0 Å². The highest BCUT2D eigenvalue weighted by molar-refractivity contribution is 9.10. The smallest absolute Gasteiger partial charge is 0.137 e. The zero-order valence-corrected chi connectivity index (χ0v) is 13.3. The molecule has 1 fully saturated rings.